The molecule has 2 aromatic rings. The number of benzene rings is 2. The zero-order valence-electron chi connectivity index (χ0n) is 15.3. The lowest BCUT2D eigenvalue weighted by atomic mass is 10.0. The number of carbonyl (C=O) groups is 3. The third kappa shape index (κ3) is 5.37. The fourth-order valence-corrected chi connectivity index (χ4v) is 2.57. The van der Waals surface area contributed by atoms with Crippen LogP contribution in [0, 0.1) is 10.1 Å². The quantitative estimate of drug-likeness (QED) is 0.427. The first-order valence-electron chi connectivity index (χ1n) is 8.30. The highest BCUT2D eigenvalue weighted by Gasteiger charge is 2.26. The summed E-state index contributed by atoms with van der Waals surface area (Å²) in [6.07, 6.45) is -0.0977. The summed E-state index contributed by atoms with van der Waals surface area (Å²) in [5, 5.41) is 16.3. The molecule has 0 bridgehead atoms. The topological polar surface area (TPSA) is 128 Å². The fraction of sp³-hybridized carbons (Fsp3) is 0.211. The van der Waals surface area contributed by atoms with Crippen LogP contribution in [0.5, 0.6) is 0 Å². The van der Waals surface area contributed by atoms with E-state index in [0.717, 1.165) is 0 Å². The lowest BCUT2D eigenvalue weighted by Gasteiger charge is -2.17. The summed E-state index contributed by atoms with van der Waals surface area (Å²) < 4.78 is 4.71. The Balaban J connectivity index is 2.18. The Morgan fingerprint density at radius 1 is 1.11 bits per heavy atom. The number of ether oxygens (including phenoxy) is 1. The third-order valence-corrected chi connectivity index (χ3v) is 3.87. The molecular formula is C19H19N3O6. The predicted octanol–water partition coefficient (Wildman–Crippen LogP) is 2.07. The maximum atomic E-state index is 12.5. The molecule has 0 fully saturated rings. The van der Waals surface area contributed by atoms with Gasteiger partial charge in [-0.3, -0.25) is 19.7 Å². The molecule has 0 aliphatic rings. The minimum absolute atomic E-state index is 0.0977. The zero-order chi connectivity index (χ0) is 20.7. The standard InChI is InChI=1S/C19H19N3O6/c1-12(23)20-15-9-7-13(8-10-15)18(24)21-16(19(25)28-2)11-14-5-3-4-6-17(14)22(26)27/h3-10,16H,11H2,1-2H3,(H,20,23)(H,21,24)/t16-/m1/s1. The molecule has 9 heteroatoms. The first-order chi connectivity index (χ1) is 13.3. The van der Waals surface area contributed by atoms with Crippen LogP contribution >= 0.6 is 0 Å². The Bertz CT molecular complexity index is 895. The molecule has 2 aromatic carbocycles. The minimum Gasteiger partial charge on any atom is -0.467 e. The van der Waals surface area contributed by atoms with E-state index < -0.39 is 22.8 Å². The van der Waals surface area contributed by atoms with Crippen LogP contribution in [-0.4, -0.2) is 35.9 Å². The van der Waals surface area contributed by atoms with Crippen molar-refractivity contribution in [2.45, 2.75) is 19.4 Å². The highest BCUT2D eigenvalue weighted by Crippen LogP contribution is 2.20. The molecule has 0 saturated heterocycles. The number of hydrogen-bond acceptors (Lipinski definition) is 6. The molecule has 0 heterocycles. The summed E-state index contributed by atoms with van der Waals surface area (Å²) in [4.78, 5) is 46.2. The molecule has 146 valence electrons. The SMILES string of the molecule is COC(=O)[C@@H](Cc1ccccc1[N+](=O)[O-])NC(=O)c1ccc(NC(C)=O)cc1. The molecule has 0 aliphatic heterocycles. The van der Waals surface area contributed by atoms with Crippen LogP contribution in [0.25, 0.3) is 0 Å². The first kappa shape index (κ1) is 20.6. The molecule has 28 heavy (non-hydrogen) atoms. The number of nitrogens with one attached hydrogen (secondary N) is 2. The molecule has 0 unspecified atom stereocenters. The summed E-state index contributed by atoms with van der Waals surface area (Å²) in [6, 6.07) is 10.9. The van der Waals surface area contributed by atoms with Crippen molar-refractivity contribution in [3.8, 4) is 0 Å². The lowest BCUT2D eigenvalue weighted by Crippen LogP contribution is -2.43. The summed E-state index contributed by atoms with van der Waals surface area (Å²) >= 11 is 0. The summed E-state index contributed by atoms with van der Waals surface area (Å²) in [5.74, 6) is -1.52. The smallest absolute Gasteiger partial charge is 0.328 e. The molecule has 2 N–H and O–H groups in total. The molecule has 0 saturated carbocycles. The fourth-order valence-electron chi connectivity index (χ4n) is 2.57. The maximum absolute atomic E-state index is 12.5. The number of nitro benzene ring substituents is 1. The van der Waals surface area contributed by atoms with Gasteiger partial charge in [-0.15, -0.1) is 0 Å². The number of para-hydroxylation sites is 1. The van der Waals surface area contributed by atoms with E-state index in [1.54, 1.807) is 18.2 Å². The van der Waals surface area contributed by atoms with Crippen LogP contribution in [0.3, 0.4) is 0 Å². The number of nitro groups is 1. The van der Waals surface area contributed by atoms with Gasteiger partial charge in [0.2, 0.25) is 5.91 Å². The molecule has 0 aliphatic carbocycles. The molecule has 9 nitrogen and oxygen atoms in total. The average molecular weight is 385 g/mol. The average Bonchev–Trinajstić information content (AvgIpc) is 2.67. The molecule has 0 spiro atoms. The normalized spacial score (nSPS) is 11.2. The Morgan fingerprint density at radius 3 is 2.32 bits per heavy atom. The number of nitrogens with zero attached hydrogens (tertiary/aromatic N) is 1. The van der Waals surface area contributed by atoms with Gasteiger partial charge >= 0.3 is 5.97 Å². The molecule has 2 rings (SSSR count). The van der Waals surface area contributed by atoms with Gasteiger partial charge in [-0.05, 0) is 24.3 Å². The van der Waals surface area contributed by atoms with E-state index >= 15 is 0 Å². The number of esters is 1. The highest BCUT2D eigenvalue weighted by atomic mass is 16.6. The van der Waals surface area contributed by atoms with Crippen molar-refractivity contribution >= 4 is 29.2 Å². The number of rotatable bonds is 7. The van der Waals surface area contributed by atoms with Gasteiger partial charge in [0.05, 0.1) is 12.0 Å². The number of amides is 2. The van der Waals surface area contributed by atoms with E-state index in [-0.39, 0.29) is 23.6 Å². The van der Waals surface area contributed by atoms with E-state index in [1.165, 1.54) is 44.4 Å². The van der Waals surface area contributed by atoms with Crippen LogP contribution in [0.4, 0.5) is 11.4 Å². The molecule has 1 atom stereocenters. The summed E-state index contributed by atoms with van der Waals surface area (Å²) in [7, 11) is 1.17. The second kappa shape index (κ2) is 9.26. The van der Waals surface area contributed by atoms with Crippen LogP contribution in [0.15, 0.2) is 48.5 Å². The van der Waals surface area contributed by atoms with Gasteiger partial charge in [0.25, 0.3) is 11.6 Å². The van der Waals surface area contributed by atoms with E-state index in [2.05, 4.69) is 10.6 Å². The number of hydrogen-bond donors (Lipinski definition) is 2. The predicted molar refractivity (Wildman–Crippen MR) is 101 cm³/mol. The van der Waals surface area contributed by atoms with Gasteiger partial charge in [-0.25, -0.2) is 4.79 Å². The van der Waals surface area contributed by atoms with Crippen molar-refractivity contribution in [1.82, 2.24) is 5.32 Å². The first-order valence-corrected chi connectivity index (χ1v) is 8.30. The van der Waals surface area contributed by atoms with Crippen molar-refractivity contribution in [3.05, 3.63) is 69.8 Å². The maximum Gasteiger partial charge on any atom is 0.328 e. The van der Waals surface area contributed by atoms with Crippen molar-refractivity contribution < 1.29 is 24.0 Å². The molecule has 0 radical (unpaired) electrons. The van der Waals surface area contributed by atoms with E-state index in [4.69, 9.17) is 4.74 Å². The van der Waals surface area contributed by atoms with Crippen molar-refractivity contribution in [1.29, 1.82) is 0 Å². The van der Waals surface area contributed by atoms with Gasteiger partial charge in [0, 0.05) is 36.2 Å². The second-order valence-corrected chi connectivity index (χ2v) is 5.90. The van der Waals surface area contributed by atoms with Crippen LogP contribution in [0.2, 0.25) is 0 Å². The van der Waals surface area contributed by atoms with Crippen LogP contribution in [0.1, 0.15) is 22.8 Å². The lowest BCUT2D eigenvalue weighted by molar-refractivity contribution is -0.385. The van der Waals surface area contributed by atoms with E-state index in [1.807, 2.05) is 0 Å². The van der Waals surface area contributed by atoms with Crippen molar-refractivity contribution in [3.63, 3.8) is 0 Å². The highest BCUT2D eigenvalue weighted by molar-refractivity contribution is 5.97. The van der Waals surface area contributed by atoms with Gasteiger partial charge in [-0.2, -0.15) is 0 Å². The van der Waals surface area contributed by atoms with Gasteiger partial charge in [0.1, 0.15) is 6.04 Å². The van der Waals surface area contributed by atoms with Crippen molar-refractivity contribution in [2.24, 2.45) is 0 Å². The number of methoxy groups -OCH3 is 1. The van der Waals surface area contributed by atoms with E-state index in [0.29, 0.717) is 11.3 Å². The van der Waals surface area contributed by atoms with Gasteiger partial charge < -0.3 is 15.4 Å². The molecule has 2 amide bonds. The van der Waals surface area contributed by atoms with Crippen LogP contribution < -0.4 is 10.6 Å². The second-order valence-electron chi connectivity index (χ2n) is 5.90. The number of anilines is 1. The van der Waals surface area contributed by atoms with Crippen LogP contribution in [-0.2, 0) is 20.7 Å². The minimum atomic E-state index is -1.10. The van der Waals surface area contributed by atoms with E-state index in [9.17, 15) is 24.5 Å². The third-order valence-electron chi connectivity index (χ3n) is 3.87. The van der Waals surface area contributed by atoms with Crippen molar-refractivity contribution in [2.75, 3.05) is 12.4 Å². The summed E-state index contributed by atoms with van der Waals surface area (Å²) in [5.41, 5.74) is 0.925. The Morgan fingerprint density at radius 2 is 1.75 bits per heavy atom. The van der Waals surface area contributed by atoms with Gasteiger partial charge in [-0.1, -0.05) is 18.2 Å². The van der Waals surface area contributed by atoms with Gasteiger partial charge in [0.15, 0.2) is 0 Å². The Hall–Kier alpha value is -3.75. The molecular weight excluding hydrogens is 366 g/mol. The Labute approximate surface area is 160 Å². The summed E-state index contributed by atoms with van der Waals surface area (Å²) in [6.45, 7) is 1.37. The molecule has 0 aromatic heterocycles. The largest absolute Gasteiger partial charge is 0.467 e. The zero-order valence-corrected chi connectivity index (χ0v) is 15.3. The monoisotopic (exact) mass is 385 g/mol. The number of carbonyl (C=O) groups excluding carboxylic acids is 3. The Kier molecular flexibility index (Phi) is 6.80.